The highest BCUT2D eigenvalue weighted by atomic mass is 16.5. The van der Waals surface area contributed by atoms with Crippen molar-refractivity contribution in [1.29, 1.82) is 0 Å². The van der Waals surface area contributed by atoms with Crippen LogP contribution in [0.25, 0.3) is 11.1 Å². The van der Waals surface area contributed by atoms with Crippen molar-refractivity contribution in [2.45, 2.75) is 25.8 Å². The summed E-state index contributed by atoms with van der Waals surface area (Å²) < 4.78 is 17.1. The summed E-state index contributed by atoms with van der Waals surface area (Å²) in [6, 6.07) is 7.05. The fourth-order valence-electron chi connectivity index (χ4n) is 3.48. The highest BCUT2D eigenvalue weighted by Crippen LogP contribution is 2.47. The lowest BCUT2D eigenvalue weighted by atomic mass is 10.1. The molecular weight excluding hydrogens is 412 g/mol. The molecule has 1 saturated carbocycles. The topological polar surface area (TPSA) is 105 Å². The Morgan fingerprint density at radius 3 is 2.72 bits per heavy atom. The van der Waals surface area contributed by atoms with Crippen molar-refractivity contribution in [3.8, 4) is 22.8 Å². The molecule has 166 valence electrons. The Morgan fingerprint density at radius 2 is 2.03 bits per heavy atom. The molecule has 2 atom stereocenters. The second-order valence-electron chi connectivity index (χ2n) is 7.63. The molecule has 9 heteroatoms. The maximum Gasteiger partial charge on any atom is 0.325 e. The first-order chi connectivity index (χ1) is 15.5. The normalized spacial score (nSPS) is 17.0. The average Bonchev–Trinajstić information content (AvgIpc) is 3.59. The van der Waals surface area contributed by atoms with E-state index in [4.69, 9.17) is 9.47 Å². The van der Waals surface area contributed by atoms with Gasteiger partial charge in [-0.3, -0.25) is 14.6 Å². The summed E-state index contributed by atoms with van der Waals surface area (Å²) in [5.41, 5.74) is 1.94. The van der Waals surface area contributed by atoms with Crippen molar-refractivity contribution in [2.24, 2.45) is 5.92 Å². The van der Waals surface area contributed by atoms with Gasteiger partial charge in [0.05, 0.1) is 32.6 Å². The monoisotopic (exact) mass is 436 g/mol. The minimum Gasteiger partial charge on any atom is -0.495 e. The first-order valence-corrected chi connectivity index (χ1v) is 10.2. The van der Waals surface area contributed by atoms with Gasteiger partial charge in [0, 0.05) is 36.0 Å². The second kappa shape index (κ2) is 9.17. The number of methoxy groups -OCH3 is 2. The molecule has 9 nitrogen and oxygen atoms in total. The van der Waals surface area contributed by atoms with Gasteiger partial charge in [0.25, 0.3) is 5.56 Å². The van der Waals surface area contributed by atoms with Gasteiger partial charge in [0.2, 0.25) is 5.88 Å². The van der Waals surface area contributed by atoms with Crippen LogP contribution in [0.2, 0.25) is 0 Å². The number of nitrogens with zero attached hydrogens (tertiary/aromatic N) is 4. The van der Waals surface area contributed by atoms with Crippen molar-refractivity contribution in [1.82, 2.24) is 19.5 Å². The lowest BCUT2D eigenvalue weighted by molar-refractivity contribution is -0.141. The minimum atomic E-state index is -0.493. The number of ether oxygens (including phenoxy) is 3. The van der Waals surface area contributed by atoms with E-state index in [2.05, 4.69) is 19.7 Å². The molecule has 0 spiro atoms. The summed E-state index contributed by atoms with van der Waals surface area (Å²) in [4.78, 5) is 37.0. The van der Waals surface area contributed by atoms with Crippen LogP contribution in [-0.4, -0.2) is 46.3 Å². The Morgan fingerprint density at radius 1 is 1.19 bits per heavy atom. The zero-order chi connectivity index (χ0) is 22.7. The van der Waals surface area contributed by atoms with E-state index in [0.717, 1.165) is 17.9 Å². The number of hydrogen-bond donors (Lipinski definition) is 0. The maximum absolute atomic E-state index is 12.4. The van der Waals surface area contributed by atoms with Crippen LogP contribution in [0.5, 0.6) is 11.6 Å². The van der Waals surface area contributed by atoms with Gasteiger partial charge < -0.3 is 18.8 Å². The van der Waals surface area contributed by atoms with Gasteiger partial charge in [-0.05, 0) is 37.1 Å². The van der Waals surface area contributed by atoms with Crippen LogP contribution in [-0.2, 0) is 16.1 Å². The quantitative estimate of drug-likeness (QED) is 0.496. The van der Waals surface area contributed by atoms with Gasteiger partial charge in [-0.2, -0.15) is 4.98 Å². The maximum atomic E-state index is 12.4. The van der Waals surface area contributed by atoms with Gasteiger partial charge >= 0.3 is 5.97 Å². The lowest BCUT2D eigenvalue weighted by Gasteiger charge is -2.12. The molecule has 0 amide bonds. The Balaban J connectivity index is 1.48. The molecule has 3 heterocycles. The number of carbonyl (C=O) groups is 1. The van der Waals surface area contributed by atoms with Gasteiger partial charge in [0.1, 0.15) is 18.1 Å². The largest absolute Gasteiger partial charge is 0.495 e. The number of hydrogen-bond acceptors (Lipinski definition) is 8. The number of pyridine rings is 2. The van der Waals surface area contributed by atoms with Crippen LogP contribution >= 0.6 is 0 Å². The van der Waals surface area contributed by atoms with E-state index in [0.29, 0.717) is 41.3 Å². The molecule has 0 N–H and O–H groups in total. The van der Waals surface area contributed by atoms with E-state index < -0.39 is 5.97 Å². The van der Waals surface area contributed by atoms with Crippen molar-refractivity contribution in [3.05, 3.63) is 64.7 Å². The molecule has 0 aliphatic heterocycles. The summed E-state index contributed by atoms with van der Waals surface area (Å²) in [5.74, 6) is 1.93. The van der Waals surface area contributed by atoms with Gasteiger partial charge in [-0.25, -0.2) is 4.98 Å². The molecule has 1 fully saturated rings. The third kappa shape index (κ3) is 4.77. The third-order valence-electron chi connectivity index (χ3n) is 5.44. The van der Waals surface area contributed by atoms with Crippen LogP contribution < -0.4 is 15.0 Å². The number of aromatic nitrogens is 4. The first-order valence-electron chi connectivity index (χ1n) is 10.2. The molecule has 4 rings (SSSR count). The van der Waals surface area contributed by atoms with Crippen molar-refractivity contribution < 1.29 is 19.0 Å². The van der Waals surface area contributed by atoms with Gasteiger partial charge in [-0.1, -0.05) is 0 Å². The summed E-state index contributed by atoms with van der Waals surface area (Å²) in [7, 11) is 2.90. The Hall–Kier alpha value is -3.75. The zero-order valence-electron chi connectivity index (χ0n) is 18.1. The van der Waals surface area contributed by atoms with Crippen LogP contribution in [0.15, 0.2) is 47.7 Å². The summed E-state index contributed by atoms with van der Waals surface area (Å²) in [6.07, 6.45) is 5.90. The number of carbonyl (C=O) groups excluding carboxylic acids is 1. The molecule has 2 unspecified atom stereocenters. The lowest BCUT2D eigenvalue weighted by Crippen LogP contribution is -2.23. The molecule has 1 aliphatic carbocycles. The molecule has 0 radical (unpaired) electrons. The van der Waals surface area contributed by atoms with Crippen molar-refractivity contribution in [3.63, 3.8) is 0 Å². The molecule has 3 aromatic heterocycles. The predicted molar refractivity (Wildman–Crippen MR) is 116 cm³/mol. The number of rotatable bonds is 8. The average molecular weight is 436 g/mol. The smallest absolute Gasteiger partial charge is 0.325 e. The fourth-order valence-corrected chi connectivity index (χ4v) is 3.48. The number of aryl methyl sites for hydroxylation is 1. The molecule has 0 saturated heterocycles. The highest BCUT2D eigenvalue weighted by Gasteiger charge is 2.40. The van der Waals surface area contributed by atoms with Crippen LogP contribution in [0.1, 0.15) is 23.9 Å². The summed E-state index contributed by atoms with van der Waals surface area (Å²) >= 11 is 0. The molecule has 0 bridgehead atoms. The predicted octanol–water partition coefficient (Wildman–Crippen LogP) is 2.37. The summed E-state index contributed by atoms with van der Waals surface area (Å²) in [5, 5.41) is 0. The number of esters is 1. The van der Waals surface area contributed by atoms with Crippen LogP contribution in [0.3, 0.4) is 0 Å². The van der Waals surface area contributed by atoms with E-state index in [1.807, 2.05) is 12.1 Å². The second-order valence-corrected chi connectivity index (χ2v) is 7.63. The van der Waals surface area contributed by atoms with E-state index in [1.54, 1.807) is 38.7 Å². The Labute approximate surface area is 185 Å². The minimum absolute atomic E-state index is 0.147. The molecule has 32 heavy (non-hydrogen) atoms. The van der Waals surface area contributed by atoms with Gasteiger partial charge in [0.15, 0.2) is 0 Å². The van der Waals surface area contributed by atoms with Crippen molar-refractivity contribution >= 4 is 5.97 Å². The molecule has 0 aromatic carbocycles. The SMILES string of the molecule is COC(=O)Cn1ccc(-c2cnc(C)nc2OCC2CC2c2ccc(OC)cn2)cc1=O. The molecule has 1 aliphatic rings. The Kier molecular flexibility index (Phi) is 6.16. The summed E-state index contributed by atoms with van der Waals surface area (Å²) in [6.45, 7) is 2.12. The van der Waals surface area contributed by atoms with Crippen molar-refractivity contribution in [2.75, 3.05) is 20.8 Å². The highest BCUT2D eigenvalue weighted by molar-refractivity contribution is 5.70. The van der Waals surface area contributed by atoms with Crippen LogP contribution in [0, 0.1) is 12.8 Å². The zero-order valence-corrected chi connectivity index (χ0v) is 18.1. The van der Waals surface area contributed by atoms with E-state index in [-0.39, 0.29) is 12.1 Å². The van der Waals surface area contributed by atoms with E-state index >= 15 is 0 Å². The van der Waals surface area contributed by atoms with E-state index in [1.165, 1.54) is 17.7 Å². The third-order valence-corrected chi connectivity index (χ3v) is 5.44. The molecular formula is C23H24N4O5. The van der Waals surface area contributed by atoms with E-state index in [9.17, 15) is 9.59 Å². The fraction of sp³-hybridized carbons (Fsp3) is 0.348. The van der Waals surface area contributed by atoms with Gasteiger partial charge in [-0.15, -0.1) is 0 Å². The van der Waals surface area contributed by atoms with Crippen LogP contribution in [0.4, 0.5) is 0 Å². The Bertz CT molecular complexity index is 1180. The first kappa shape index (κ1) is 21.5. The molecule has 3 aromatic rings. The standard InChI is InChI=1S/C23H24N4O5/c1-14-24-11-19(15-6-7-27(21(28)9-15)12-22(29)31-3)23(26-14)32-13-16-8-18(16)20-5-4-17(30-2)10-25-20/h4-7,9-11,16,18H,8,12-13H2,1-3H3.